The molecular formula is C25H26N2O4. The Bertz CT molecular complexity index is 1050. The number of rotatable bonds is 2. The fourth-order valence-electron chi connectivity index (χ4n) is 5.17. The number of oxazole rings is 1. The van der Waals surface area contributed by atoms with Crippen molar-refractivity contribution in [2.45, 2.75) is 52.4 Å². The van der Waals surface area contributed by atoms with Crippen LogP contribution in [0.15, 0.2) is 29.2 Å². The lowest BCUT2D eigenvalue weighted by atomic mass is 9.62. The quantitative estimate of drug-likeness (QED) is 0.550. The number of benzene rings is 1. The van der Waals surface area contributed by atoms with E-state index in [0.717, 1.165) is 22.3 Å². The van der Waals surface area contributed by atoms with E-state index < -0.39 is 5.92 Å². The molecule has 2 fully saturated rings. The van der Waals surface area contributed by atoms with Gasteiger partial charge in [-0.3, -0.25) is 14.4 Å². The molecule has 31 heavy (non-hydrogen) atoms. The van der Waals surface area contributed by atoms with Gasteiger partial charge in [-0.15, -0.1) is 5.92 Å². The molecule has 1 aromatic carbocycles. The number of nitrogens with zero attached hydrogens (tertiary/aromatic N) is 2. The normalized spacial score (nSPS) is 18.7. The predicted octanol–water partition coefficient (Wildman–Crippen LogP) is 3.60. The van der Waals surface area contributed by atoms with Crippen molar-refractivity contribution in [1.82, 2.24) is 9.88 Å². The Morgan fingerprint density at radius 2 is 1.74 bits per heavy atom. The summed E-state index contributed by atoms with van der Waals surface area (Å²) < 4.78 is 4.90. The van der Waals surface area contributed by atoms with Gasteiger partial charge < -0.3 is 9.32 Å². The predicted molar refractivity (Wildman–Crippen MR) is 115 cm³/mol. The van der Waals surface area contributed by atoms with Crippen LogP contribution >= 0.6 is 0 Å². The monoisotopic (exact) mass is 418 g/mol. The summed E-state index contributed by atoms with van der Waals surface area (Å²) in [6.07, 6.45) is 4.62. The number of amides is 1. The van der Waals surface area contributed by atoms with Crippen molar-refractivity contribution < 1.29 is 18.8 Å². The summed E-state index contributed by atoms with van der Waals surface area (Å²) in [6, 6.07) is 3.91. The van der Waals surface area contributed by atoms with E-state index in [2.05, 4.69) is 16.8 Å². The topological polar surface area (TPSA) is 80.5 Å². The molecule has 2 heterocycles. The third kappa shape index (κ3) is 3.93. The van der Waals surface area contributed by atoms with E-state index in [1.165, 1.54) is 12.7 Å². The van der Waals surface area contributed by atoms with Crippen molar-refractivity contribution in [3.05, 3.63) is 52.7 Å². The minimum Gasteiger partial charge on any atom is -0.451 e. The number of hydrogen-bond donors (Lipinski definition) is 0. The van der Waals surface area contributed by atoms with Gasteiger partial charge in [-0.2, -0.15) is 0 Å². The van der Waals surface area contributed by atoms with Crippen molar-refractivity contribution in [2.24, 2.45) is 5.41 Å². The van der Waals surface area contributed by atoms with Gasteiger partial charge in [0.05, 0.1) is 0 Å². The molecule has 1 spiro atoms. The van der Waals surface area contributed by atoms with E-state index in [-0.39, 0.29) is 28.6 Å². The fourth-order valence-corrected chi connectivity index (χ4v) is 5.17. The van der Waals surface area contributed by atoms with Gasteiger partial charge in [0.2, 0.25) is 0 Å². The maximum absolute atomic E-state index is 13.2. The van der Waals surface area contributed by atoms with Crippen molar-refractivity contribution in [1.29, 1.82) is 0 Å². The lowest BCUT2D eigenvalue weighted by Crippen LogP contribution is -2.48. The number of likely N-dealkylation sites (tertiary alicyclic amines) is 1. The number of hydrogen-bond acceptors (Lipinski definition) is 5. The molecule has 1 aliphatic carbocycles. The summed E-state index contributed by atoms with van der Waals surface area (Å²) in [5.74, 6) is 5.07. The molecule has 0 radical (unpaired) electrons. The second-order valence-electron chi connectivity index (χ2n) is 8.78. The van der Waals surface area contributed by atoms with Crippen LogP contribution < -0.4 is 0 Å². The van der Waals surface area contributed by atoms with Crippen LogP contribution in [0.25, 0.3) is 0 Å². The number of carbonyl (C=O) groups is 3. The molecule has 0 bridgehead atoms. The number of aromatic nitrogens is 1. The maximum atomic E-state index is 13.2. The SMILES string of the molecule is CC#Cc1cc(C)c(C2C(=O)CC3(CCN(C(=O)c4cocn4)CC3)CC2=O)c(C)c1. The summed E-state index contributed by atoms with van der Waals surface area (Å²) in [4.78, 5) is 44.6. The Labute approximate surface area is 182 Å². The highest BCUT2D eigenvalue weighted by atomic mass is 16.3. The molecule has 1 saturated heterocycles. The molecule has 1 aliphatic heterocycles. The molecule has 2 aliphatic rings. The summed E-state index contributed by atoms with van der Waals surface area (Å²) in [5.41, 5.74) is 3.55. The second-order valence-corrected chi connectivity index (χ2v) is 8.78. The largest absolute Gasteiger partial charge is 0.451 e. The van der Waals surface area contributed by atoms with Crippen LogP contribution in [-0.4, -0.2) is 40.4 Å². The van der Waals surface area contributed by atoms with Crippen LogP contribution in [0.1, 0.15) is 71.3 Å². The van der Waals surface area contributed by atoms with Crippen molar-refractivity contribution >= 4 is 17.5 Å². The lowest BCUT2D eigenvalue weighted by molar-refractivity contribution is -0.138. The van der Waals surface area contributed by atoms with Crippen LogP contribution in [0.5, 0.6) is 0 Å². The van der Waals surface area contributed by atoms with Crippen molar-refractivity contribution in [2.75, 3.05) is 13.1 Å². The molecule has 1 aromatic heterocycles. The van der Waals surface area contributed by atoms with Gasteiger partial charge in [0.1, 0.15) is 23.7 Å². The fraction of sp³-hybridized carbons (Fsp3) is 0.440. The standard InChI is InChI=1S/C25H26N2O4/c1-4-5-18-10-16(2)22(17(3)11-18)23-20(28)12-25(13-21(23)29)6-8-27(9-7-25)24(30)19-14-31-15-26-19/h10-11,14-15,23H,6-9,12-13H2,1-3H3. The zero-order valence-electron chi connectivity index (χ0n) is 18.2. The molecule has 6 nitrogen and oxygen atoms in total. The molecule has 6 heteroatoms. The summed E-state index contributed by atoms with van der Waals surface area (Å²) in [6.45, 7) is 6.71. The van der Waals surface area contributed by atoms with E-state index >= 15 is 0 Å². The Kier molecular flexibility index (Phi) is 5.53. The molecule has 1 amide bonds. The lowest BCUT2D eigenvalue weighted by Gasteiger charge is -2.44. The summed E-state index contributed by atoms with van der Waals surface area (Å²) >= 11 is 0. The zero-order chi connectivity index (χ0) is 22.2. The highest BCUT2D eigenvalue weighted by Gasteiger charge is 2.48. The summed E-state index contributed by atoms with van der Waals surface area (Å²) in [7, 11) is 0. The van der Waals surface area contributed by atoms with Crippen LogP contribution in [0.4, 0.5) is 0 Å². The molecule has 4 rings (SSSR count). The molecule has 1 saturated carbocycles. The van der Waals surface area contributed by atoms with Gasteiger partial charge in [0, 0.05) is 31.5 Å². The van der Waals surface area contributed by atoms with Gasteiger partial charge in [-0.25, -0.2) is 4.98 Å². The Morgan fingerprint density at radius 1 is 1.13 bits per heavy atom. The van der Waals surface area contributed by atoms with Gasteiger partial charge in [0.25, 0.3) is 5.91 Å². The van der Waals surface area contributed by atoms with Gasteiger partial charge in [-0.05, 0) is 67.9 Å². The van der Waals surface area contributed by atoms with Crippen LogP contribution in [0.2, 0.25) is 0 Å². The third-order valence-electron chi connectivity index (χ3n) is 6.66. The first kappa shape index (κ1) is 21.0. The van der Waals surface area contributed by atoms with Crippen molar-refractivity contribution in [3.8, 4) is 11.8 Å². The van der Waals surface area contributed by atoms with Crippen molar-refractivity contribution in [3.63, 3.8) is 0 Å². The number of Topliss-reactive ketones (excluding diaryl/α,β-unsaturated/α-hetero) is 2. The van der Waals surface area contributed by atoms with Crippen LogP contribution in [0, 0.1) is 31.1 Å². The van der Waals surface area contributed by atoms with Crippen LogP contribution in [0.3, 0.4) is 0 Å². The first-order valence-corrected chi connectivity index (χ1v) is 10.6. The number of ketones is 2. The first-order chi connectivity index (χ1) is 14.8. The van der Waals surface area contributed by atoms with E-state index in [9.17, 15) is 14.4 Å². The summed E-state index contributed by atoms with van der Waals surface area (Å²) in [5, 5.41) is 0. The number of aryl methyl sites for hydroxylation is 2. The average Bonchev–Trinajstić information content (AvgIpc) is 3.25. The average molecular weight is 418 g/mol. The Balaban J connectivity index is 1.50. The van der Waals surface area contributed by atoms with E-state index in [4.69, 9.17) is 4.42 Å². The molecule has 0 atom stereocenters. The Hall–Kier alpha value is -3.20. The second kappa shape index (κ2) is 8.14. The highest BCUT2D eigenvalue weighted by molar-refractivity contribution is 6.10. The molecule has 160 valence electrons. The molecule has 0 unspecified atom stereocenters. The van der Waals surface area contributed by atoms with E-state index in [1.54, 1.807) is 11.8 Å². The highest BCUT2D eigenvalue weighted by Crippen LogP contribution is 2.46. The minimum atomic E-state index is -0.691. The van der Waals surface area contributed by atoms with Crippen LogP contribution in [-0.2, 0) is 9.59 Å². The van der Waals surface area contributed by atoms with E-state index in [1.807, 2.05) is 26.0 Å². The van der Waals surface area contributed by atoms with Gasteiger partial charge in [0.15, 0.2) is 12.1 Å². The van der Waals surface area contributed by atoms with E-state index in [0.29, 0.717) is 38.8 Å². The maximum Gasteiger partial charge on any atom is 0.275 e. The third-order valence-corrected chi connectivity index (χ3v) is 6.66. The number of carbonyl (C=O) groups excluding carboxylic acids is 3. The van der Waals surface area contributed by atoms with Gasteiger partial charge >= 0.3 is 0 Å². The molecule has 2 aromatic rings. The van der Waals surface area contributed by atoms with Gasteiger partial charge in [-0.1, -0.05) is 5.92 Å². The molecular weight excluding hydrogens is 392 g/mol. The molecule has 0 N–H and O–H groups in total. The smallest absolute Gasteiger partial charge is 0.275 e. The first-order valence-electron chi connectivity index (χ1n) is 10.6. The number of piperidine rings is 1. The zero-order valence-corrected chi connectivity index (χ0v) is 18.2. The minimum absolute atomic E-state index is 0.00643. The Morgan fingerprint density at radius 3 is 2.26 bits per heavy atom.